The number of amides is 2. The molecule has 1 saturated heterocycles. The van der Waals surface area contributed by atoms with E-state index in [0.29, 0.717) is 35.6 Å². The molecule has 1 aliphatic heterocycles. The van der Waals surface area contributed by atoms with E-state index in [2.05, 4.69) is 10.3 Å². The van der Waals surface area contributed by atoms with E-state index in [4.69, 9.17) is 15.2 Å². The van der Waals surface area contributed by atoms with Gasteiger partial charge in [-0.2, -0.15) is 0 Å². The van der Waals surface area contributed by atoms with Crippen LogP contribution in [0, 0.1) is 5.41 Å². The Bertz CT molecular complexity index is 848. The van der Waals surface area contributed by atoms with Gasteiger partial charge in [-0.25, -0.2) is 4.98 Å². The van der Waals surface area contributed by atoms with Gasteiger partial charge < -0.3 is 20.5 Å². The zero-order valence-corrected chi connectivity index (χ0v) is 14.5. The predicted molar refractivity (Wildman–Crippen MR) is 92.6 cm³/mol. The maximum atomic E-state index is 11.9. The molecular weight excluding hydrogens is 322 g/mol. The number of carbonyl (C=O) groups is 2. The predicted octanol–water partition coefficient (Wildman–Crippen LogP) is 1.64. The van der Waals surface area contributed by atoms with Crippen molar-refractivity contribution in [2.75, 3.05) is 13.7 Å². The van der Waals surface area contributed by atoms with Crippen LogP contribution in [0.3, 0.4) is 0 Å². The van der Waals surface area contributed by atoms with Crippen molar-refractivity contribution in [3.63, 3.8) is 0 Å². The summed E-state index contributed by atoms with van der Waals surface area (Å²) in [6.07, 6.45) is 2.30. The second-order valence-electron chi connectivity index (χ2n) is 6.82. The minimum atomic E-state index is -0.561. The van der Waals surface area contributed by atoms with E-state index in [0.717, 1.165) is 5.39 Å². The molecule has 0 spiro atoms. The van der Waals surface area contributed by atoms with Gasteiger partial charge in [-0.05, 0) is 30.0 Å². The molecule has 0 aliphatic carbocycles. The molecule has 3 N–H and O–H groups in total. The SMILES string of the molecule is COc1cc2c(OC[C@@H]3CC(C)(C)C(=O)N3)nccc2cc1C(N)=O. The number of nitrogens with one attached hydrogen (secondary N) is 1. The van der Waals surface area contributed by atoms with Gasteiger partial charge in [-0.15, -0.1) is 0 Å². The van der Waals surface area contributed by atoms with Gasteiger partial charge in [0.2, 0.25) is 11.8 Å². The monoisotopic (exact) mass is 343 g/mol. The molecule has 2 heterocycles. The molecule has 7 nitrogen and oxygen atoms in total. The fourth-order valence-corrected chi connectivity index (χ4v) is 3.07. The quantitative estimate of drug-likeness (QED) is 0.859. The molecule has 3 rings (SSSR count). The first-order chi connectivity index (χ1) is 11.8. The van der Waals surface area contributed by atoms with Gasteiger partial charge in [-0.1, -0.05) is 13.8 Å². The molecule has 1 aromatic heterocycles. The first kappa shape index (κ1) is 17.0. The molecule has 1 aliphatic rings. The van der Waals surface area contributed by atoms with Crippen molar-refractivity contribution < 1.29 is 19.1 Å². The second kappa shape index (κ2) is 6.23. The van der Waals surface area contributed by atoms with Crippen molar-refractivity contribution >= 4 is 22.6 Å². The molecule has 1 fully saturated rings. The highest BCUT2D eigenvalue weighted by atomic mass is 16.5. The van der Waals surface area contributed by atoms with Crippen molar-refractivity contribution in [2.24, 2.45) is 11.1 Å². The second-order valence-corrected chi connectivity index (χ2v) is 6.82. The molecule has 1 atom stereocenters. The lowest BCUT2D eigenvalue weighted by molar-refractivity contribution is -0.126. The number of primary amides is 1. The van der Waals surface area contributed by atoms with E-state index in [1.54, 1.807) is 24.4 Å². The summed E-state index contributed by atoms with van der Waals surface area (Å²) in [5.74, 6) is 0.257. The van der Waals surface area contributed by atoms with Gasteiger partial charge in [-0.3, -0.25) is 9.59 Å². The van der Waals surface area contributed by atoms with E-state index >= 15 is 0 Å². The summed E-state index contributed by atoms with van der Waals surface area (Å²) in [7, 11) is 1.47. The minimum absolute atomic E-state index is 0.0275. The molecule has 25 heavy (non-hydrogen) atoms. The Labute approximate surface area is 145 Å². The van der Waals surface area contributed by atoms with Crippen LogP contribution in [0.2, 0.25) is 0 Å². The Morgan fingerprint density at radius 2 is 2.20 bits per heavy atom. The van der Waals surface area contributed by atoms with Crippen LogP contribution in [0.15, 0.2) is 24.4 Å². The maximum absolute atomic E-state index is 11.9. The standard InChI is InChI=1S/C18H21N3O4/c1-18(2)8-11(21-17(18)23)9-25-16-12-7-14(24-3)13(15(19)22)6-10(12)4-5-20-16/h4-7,11H,8-9H2,1-3H3,(H2,19,22)(H,21,23)/t11-/m0/s1. The third-order valence-electron chi connectivity index (χ3n) is 4.44. The number of nitrogens with zero attached hydrogens (tertiary/aromatic N) is 1. The minimum Gasteiger partial charge on any atom is -0.496 e. The van der Waals surface area contributed by atoms with Crippen LogP contribution in [0.1, 0.15) is 30.6 Å². The number of hydrogen-bond donors (Lipinski definition) is 2. The maximum Gasteiger partial charge on any atom is 0.252 e. The van der Waals surface area contributed by atoms with E-state index < -0.39 is 5.91 Å². The van der Waals surface area contributed by atoms with Crippen molar-refractivity contribution in [1.29, 1.82) is 0 Å². The first-order valence-corrected chi connectivity index (χ1v) is 8.02. The molecule has 7 heteroatoms. The number of nitrogens with two attached hydrogens (primary N) is 1. The Balaban J connectivity index is 1.87. The van der Waals surface area contributed by atoms with E-state index in [9.17, 15) is 9.59 Å². The Morgan fingerprint density at radius 1 is 1.44 bits per heavy atom. The van der Waals surface area contributed by atoms with Gasteiger partial charge >= 0.3 is 0 Å². The van der Waals surface area contributed by atoms with Crippen LogP contribution in [-0.4, -0.2) is 36.6 Å². The molecular formula is C18H21N3O4. The topological polar surface area (TPSA) is 104 Å². The molecule has 0 bridgehead atoms. The van der Waals surface area contributed by atoms with Crippen LogP contribution >= 0.6 is 0 Å². The lowest BCUT2D eigenvalue weighted by Crippen LogP contribution is -2.32. The highest BCUT2D eigenvalue weighted by Crippen LogP contribution is 2.32. The number of methoxy groups -OCH3 is 1. The normalized spacial score (nSPS) is 18.8. The Hall–Kier alpha value is -2.83. The van der Waals surface area contributed by atoms with Gasteiger partial charge in [0.15, 0.2) is 0 Å². The number of rotatable bonds is 5. The van der Waals surface area contributed by atoms with Crippen molar-refractivity contribution in [2.45, 2.75) is 26.3 Å². The fourth-order valence-electron chi connectivity index (χ4n) is 3.07. The van der Waals surface area contributed by atoms with E-state index in [1.807, 2.05) is 13.8 Å². The molecule has 2 amide bonds. The highest BCUT2D eigenvalue weighted by Gasteiger charge is 2.39. The number of ether oxygens (including phenoxy) is 2. The van der Waals surface area contributed by atoms with Crippen LogP contribution < -0.4 is 20.5 Å². The van der Waals surface area contributed by atoms with Gasteiger partial charge in [0.1, 0.15) is 12.4 Å². The van der Waals surface area contributed by atoms with Crippen molar-refractivity contribution in [1.82, 2.24) is 10.3 Å². The van der Waals surface area contributed by atoms with E-state index in [1.165, 1.54) is 7.11 Å². The number of pyridine rings is 1. The third kappa shape index (κ3) is 3.22. The summed E-state index contributed by atoms with van der Waals surface area (Å²) in [4.78, 5) is 27.7. The largest absolute Gasteiger partial charge is 0.496 e. The number of hydrogen-bond acceptors (Lipinski definition) is 5. The number of aromatic nitrogens is 1. The zero-order valence-electron chi connectivity index (χ0n) is 14.5. The fraction of sp³-hybridized carbons (Fsp3) is 0.389. The van der Waals surface area contributed by atoms with Crippen molar-refractivity contribution in [3.05, 3.63) is 30.0 Å². The molecule has 0 radical (unpaired) electrons. The molecule has 1 aromatic carbocycles. The lowest BCUT2D eigenvalue weighted by Gasteiger charge is -2.15. The van der Waals surface area contributed by atoms with Crippen molar-refractivity contribution in [3.8, 4) is 11.6 Å². The molecule has 0 saturated carbocycles. The Kier molecular flexibility index (Phi) is 4.24. The van der Waals surface area contributed by atoms with Crippen LogP contribution in [-0.2, 0) is 4.79 Å². The van der Waals surface area contributed by atoms with Gasteiger partial charge in [0, 0.05) is 17.0 Å². The summed E-state index contributed by atoms with van der Waals surface area (Å²) in [6.45, 7) is 4.14. The van der Waals surface area contributed by atoms with Crippen LogP contribution in [0.5, 0.6) is 11.6 Å². The molecule has 132 valence electrons. The van der Waals surface area contributed by atoms with Gasteiger partial charge in [0.05, 0.1) is 18.7 Å². The molecule has 0 unspecified atom stereocenters. The number of fused-ring (bicyclic) bond motifs is 1. The summed E-state index contributed by atoms with van der Waals surface area (Å²) in [6, 6.07) is 5.06. The van der Waals surface area contributed by atoms with Crippen LogP contribution in [0.4, 0.5) is 0 Å². The molecule has 2 aromatic rings. The summed E-state index contributed by atoms with van der Waals surface area (Å²) in [5.41, 5.74) is 5.31. The number of carbonyl (C=O) groups excluding carboxylic acids is 2. The Morgan fingerprint density at radius 3 is 2.80 bits per heavy atom. The average Bonchev–Trinajstić information content (AvgIpc) is 2.83. The summed E-state index contributed by atoms with van der Waals surface area (Å²) < 4.78 is 11.1. The number of benzene rings is 1. The lowest BCUT2D eigenvalue weighted by atomic mass is 9.90. The zero-order chi connectivity index (χ0) is 18.2. The smallest absolute Gasteiger partial charge is 0.252 e. The van der Waals surface area contributed by atoms with E-state index in [-0.39, 0.29) is 17.4 Å². The summed E-state index contributed by atoms with van der Waals surface area (Å²) in [5, 5.41) is 4.42. The third-order valence-corrected chi connectivity index (χ3v) is 4.44. The highest BCUT2D eigenvalue weighted by molar-refractivity contribution is 6.01. The van der Waals surface area contributed by atoms with Gasteiger partial charge in [0.25, 0.3) is 5.91 Å². The first-order valence-electron chi connectivity index (χ1n) is 8.02. The summed E-state index contributed by atoms with van der Waals surface area (Å²) >= 11 is 0. The van der Waals surface area contributed by atoms with Crippen LogP contribution in [0.25, 0.3) is 10.8 Å². The average molecular weight is 343 g/mol.